The molecule has 0 aliphatic rings. The number of hydrazone groups is 1. The van der Waals surface area contributed by atoms with Crippen LogP contribution in [-0.4, -0.2) is 11.3 Å². The summed E-state index contributed by atoms with van der Waals surface area (Å²) in [5.74, 6) is -1.80. The van der Waals surface area contributed by atoms with E-state index in [4.69, 9.17) is 10.5 Å². The average Bonchev–Trinajstić information content (AvgIpc) is 2.45. The summed E-state index contributed by atoms with van der Waals surface area (Å²) in [4.78, 5) is 0. The van der Waals surface area contributed by atoms with Gasteiger partial charge < -0.3 is 10.5 Å². The fraction of sp³-hybridized carbons (Fsp3) is 0.0667. The van der Waals surface area contributed by atoms with E-state index in [2.05, 4.69) is 22.7 Å². The van der Waals surface area contributed by atoms with E-state index in [1.807, 2.05) is 0 Å². The zero-order chi connectivity index (χ0) is 16.8. The van der Waals surface area contributed by atoms with Crippen LogP contribution in [-0.2, 0) is 6.61 Å². The highest BCUT2D eigenvalue weighted by atomic mass is 32.1. The zero-order valence-corrected chi connectivity index (χ0v) is 12.5. The number of hydrogen-bond donors (Lipinski definition) is 2. The number of rotatable bonds is 5. The van der Waals surface area contributed by atoms with Crippen LogP contribution >= 0.6 is 12.2 Å². The van der Waals surface area contributed by atoms with E-state index >= 15 is 0 Å². The maximum absolute atomic E-state index is 13.4. The van der Waals surface area contributed by atoms with Gasteiger partial charge in [-0.05, 0) is 42.0 Å². The van der Waals surface area contributed by atoms with E-state index in [9.17, 15) is 13.2 Å². The van der Waals surface area contributed by atoms with Crippen molar-refractivity contribution in [3.05, 3.63) is 65.0 Å². The highest BCUT2D eigenvalue weighted by molar-refractivity contribution is 7.80. The van der Waals surface area contributed by atoms with Crippen LogP contribution in [0.1, 0.15) is 11.1 Å². The number of halogens is 3. The normalized spacial score (nSPS) is 10.7. The summed E-state index contributed by atoms with van der Waals surface area (Å²) in [5, 5.41) is 3.72. The predicted molar refractivity (Wildman–Crippen MR) is 84.6 cm³/mol. The summed E-state index contributed by atoms with van der Waals surface area (Å²) < 4.78 is 45.0. The van der Waals surface area contributed by atoms with E-state index in [1.54, 1.807) is 0 Å². The van der Waals surface area contributed by atoms with Crippen molar-refractivity contribution in [1.82, 2.24) is 5.43 Å². The Balaban J connectivity index is 2.16. The van der Waals surface area contributed by atoms with Gasteiger partial charge in [0, 0.05) is 17.7 Å². The molecule has 8 heteroatoms. The van der Waals surface area contributed by atoms with Crippen LogP contribution < -0.4 is 15.9 Å². The summed E-state index contributed by atoms with van der Waals surface area (Å²) in [6, 6.07) is 6.80. The molecule has 2 rings (SSSR count). The van der Waals surface area contributed by atoms with Crippen LogP contribution in [0.5, 0.6) is 5.75 Å². The molecule has 2 aromatic carbocycles. The molecule has 0 unspecified atom stereocenters. The fourth-order valence-electron chi connectivity index (χ4n) is 1.76. The van der Waals surface area contributed by atoms with E-state index in [-0.39, 0.29) is 23.0 Å². The molecular weight excluding hydrogens is 327 g/mol. The number of hydrogen-bond acceptors (Lipinski definition) is 3. The monoisotopic (exact) mass is 339 g/mol. The minimum absolute atomic E-state index is 0.0268. The lowest BCUT2D eigenvalue weighted by Gasteiger charge is -2.10. The molecule has 0 bridgehead atoms. The number of nitrogens with zero attached hydrogens (tertiary/aromatic N) is 1. The first-order chi connectivity index (χ1) is 10.9. The minimum Gasteiger partial charge on any atom is -0.488 e. The molecule has 0 fully saturated rings. The molecule has 0 heterocycles. The Bertz CT molecular complexity index is 732. The van der Waals surface area contributed by atoms with Gasteiger partial charge in [-0.1, -0.05) is 0 Å². The van der Waals surface area contributed by atoms with Crippen LogP contribution in [0.25, 0.3) is 0 Å². The van der Waals surface area contributed by atoms with Gasteiger partial charge in [-0.15, -0.1) is 0 Å². The van der Waals surface area contributed by atoms with Crippen molar-refractivity contribution < 1.29 is 17.9 Å². The first-order valence-corrected chi connectivity index (χ1v) is 6.80. The largest absolute Gasteiger partial charge is 0.488 e. The Morgan fingerprint density at radius 2 is 1.83 bits per heavy atom. The molecule has 3 N–H and O–H groups in total. The molecule has 0 aliphatic carbocycles. The molecule has 120 valence electrons. The van der Waals surface area contributed by atoms with E-state index in [0.717, 1.165) is 24.3 Å². The Morgan fingerprint density at radius 1 is 1.13 bits per heavy atom. The molecule has 0 aliphatic heterocycles. The maximum Gasteiger partial charge on any atom is 0.184 e. The quantitative estimate of drug-likeness (QED) is 0.500. The molecule has 0 atom stereocenters. The van der Waals surface area contributed by atoms with Crippen LogP contribution in [0.2, 0.25) is 0 Å². The van der Waals surface area contributed by atoms with Crippen LogP contribution in [0.15, 0.2) is 41.5 Å². The van der Waals surface area contributed by atoms with Gasteiger partial charge >= 0.3 is 0 Å². The Hall–Kier alpha value is -2.61. The molecule has 0 amide bonds. The predicted octanol–water partition coefficient (Wildman–Crippen LogP) is 2.85. The number of ether oxygens (including phenoxy) is 1. The summed E-state index contributed by atoms with van der Waals surface area (Å²) in [6.45, 7) is -0.137. The molecule has 0 aromatic heterocycles. The summed E-state index contributed by atoms with van der Waals surface area (Å²) in [5.41, 5.74) is 8.29. The fourth-order valence-corrected chi connectivity index (χ4v) is 1.81. The molecule has 2 aromatic rings. The van der Waals surface area contributed by atoms with E-state index in [0.29, 0.717) is 5.56 Å². The first kappa shape index (κ1) is 16.8. The topological polar surface area (TPSA) is 59.6 Å². The average molecular weight is 339 g/mol. The van der Waals surface area contributed by atoms with Crippen molar-refractivity contribution in [2.45, 2.75) is 6.61 Å². The first-order valence-electron chi connectivity index (χ1n) is 6.40. The summed E-state index contributed by atoms with van der Waals surface area (Å²) in [6.07, 6.45) is 1.33. The second kappa shape index (κ2) is 7.59. The lowest BCUT2D eigenvalue weighted by molar-refractivity contribution is 0.302. The lowest BCUT2D eigenvalue weighted by Crippen LogP contribution is -2.24. The van der Waals surface area contributed by atoms with Gasteiger partial charge in [-0.2, -0.15) is 5.10 Å². The standard InChI is InChI=1S/C15H12F3N3OS/c16-11-2-1-10(7-20-21-15(19)23)14(6-11)22-8-9-3-12(17)5-13(18)4-9/h1-7H,8H2,(H3,19,21,23). The highest BCUT2D eigenvalue weighted by Gasteiger charge is 2.06. The van der Waals surface area contributed by atoms with Gasteiger partial charge in [-0.25, -0.2) is 13.2 Å². The van der Waals surface area contributed by atoms with Gasteiger partial charge in [0.2, 0.25) is 0 Å². The Morgan fingerprint density at radius 3 is 2.48 bits per heavy atom. The van der Waals surface area contributed by atoms with Crippen LogP contribution in [0.4, 0.5) is 13.2 Å². The number of benzene rings is 2. The van der Waals surface area contributed by atoms with Crippen molar-refractivity contribution in [2.75, 3.05) is 0 Å². The van der Waals surface area contributed by atoms with Crippen molar-refractivity contribution in [1.29, 1.82) is 0 Å². The third-order valence-electron chi connectivity index (χ3n) is 2.67. The van der Waals surface area contributed by atoms with Gasteiger partial charge in [0.15, 0.2) is 5.11 Å². The van der Waals surface area contributed by atoms with Gasteiger partial charge in [0.1, 0.15) is 29.8 Å². The smallest absolute Gasteiger partial charge is 0.184 e. The summed E-state index contributed by atoms with van der Waals surface area (Å²) >= 11 is 4.59. The third kappa shape index (κ3) is 5.26. The lowest BCUT2D eigenvalue weighted by atomic mass is 10.2. The summed E-state index contributed by atoms with van der Waals surface area (Å²) in [7, 11) is 0. The van der Waals surface area contributed by atoms with Crippen molar-refractivity contribution in [3.8, 4) is 5.75 Å². The maximum atomic E-state index is 13.4. The van der Waals surface area contributed by atoms with Gasteiger partial charge in [0.05, 0.1) is 6.21 Å². The minimum atomic E-state index is -0.717. The van der Waals surface area contributed by atoms with E-state index < -0.39 is 17.5 Å². The Kier molecular flexibility index (Phi) is 5.53. The van der Waals surface area contributed by atoms with Crippen LogP contribution in [0, 0.1) is 17.5 Å². The molecule has 0 radical (unpaired) electrons. The van der Waals surface area contributed by atoms with Gasteiger partial charge in [-0.3, -0.25) is 5.43 Å². The number of nitrogens with two attached hydrogens (primary N) is 1. The van der Waals surface area contributed by atoms with Gasteiger partial charge in [0.25, 0.3) is 0 Å². The highest BCUT2D eigenvalue weighted by Crippen LogP contribution is 2.20. The SMILES string of the molecule is NC(=S)NN=Cc1ccc(F)cc1OCc1cc(F)cc(F)c1. The second-order valence-electron chi connectivity index (χ2n) is 4.48. The zero-order valence-electron chi connectivity index (χ0n) is 11.7. The number of thiocarbonyl (C=S) groups is 1. The number of nitrogens with one attached hydrogen (secondary N) is 1. The Labute approximate surface area is 135 Å². The second-order valence-corrected chi connectivity index (χ2v) is 4.92. The van der Waals surface area contributed by atoms with Crippen molar-refractivity contribution in [2.24, 2.45) is 10.8 Å². The van der Waals surface area contributed by atoms with Crippen molar-refractivity contribution in [3.63, 3.8) is 0 Å². The van der Waals surface area contributed by atoms with Crippen molar-refractivity contribution >= 4 is 23.5 Å². The molecule has 4 nitrogen and oxygen atoms in total. The molecule has 0 saturated heterocycles. The molecular formula is C15H12F3N3OS. The molecule has 23 heavy (non-hydrogen) atoms. The van der Waals surface area contributed by atoms with E-state index in [1.165, 1.54) is 18.3 Å². The third-order valence-corrected chi connectivity index (χ3v) is 2.76. The molecule has 0 saturated carbocycles. The molecule has 0 spiro atoms. The van der Waals surface area contributed by atoms with Crippen LogP contribution in [0.3, 0.4) is 0 Å².